The average Bonchev–Trinajstić information content (AvgIpc) is 2.73. The van der Waals surface area contributed by atoms with E-state index in [1.54, 1.807) is 11.3 Å². The molecular formula is C15H21ClNO2PS2. The molecule has 0 radical (unpaired) electrons. The normalized spacial score (nSPS) is 14.6. The van der Waals surface area contributed by atoms with Crippen molar-refractivity contribution in [1.29, 1.82) is 0 Å². The van der Waals surface area contributed by atoms with Crippen LogP contribution in [0.5, 0.6) is 0 Å². The highest BCUT2D eigenvalue weighted by Crippen LogP contribution is 2.58. The van der Waals surface area contributed by atoms with Crippen molar-refractivity contribution < 1.29 is 9.09 Å². The number of hydrogen-bond donors (Lipinski definition) is 1. The minimum absolute atomic E-state index is 0.118. The summed E-state index contributed by atoms with van der Waals surface area (Å²) in [6, 6.07) is 6.05. The van der Waals surface area contributed by atoms with Gasteiger partial charge in [-0.05, 0) is 68.2 Å². The molecule has 0 bridgehead atoms. The maximum absolute atomic E-state index is 12.8. The lowest BCUT2D eigenvalue weighted by atomic mass is 10.1. The number of benzene rings is 1. The maximum atomic E-state index is 12.8. The Morgan fingerprint density at radius 1 is 1.45 bits per heavy atom. The largest absolute Gasteiger partial charge is 0.327 e. The van der Waals surface area contributed by atoms with Gasteiger partial charge in [-0.2, -0.15) is 0 Å². The molecule has 22 heavy (non-hydrogen) atoms. The Balaban J connectivity index is 2.19. The Morgan fingerprint density at radius 2 is 2.18 bits per heavy atom. The van der Waals surface area contributed by atoms with E-state index in [0.717, 1.165) is 5.02 Å². The summed E-state index contributed by atoms with van der Waals surface area (Å²) in [4.78, 5) is 1.22. The van der Waals surface area contributed by atoms with E-state index < -0.39 is 6.72 Å². The van der Waals surface area contributed by atoms with Crippen molar-refractivity contribution in [2.24, 2.45) is 0 Å². The molecule has 2 rings (SSSR count). The molecule has 1 N–H and O–H groups in total. The summed E-state index contributed by atoms with van der Waals surface area (Å²) in [5.74, 6) is 0.666. The van der Waals surface area contributed by atoms with Crippen LogP contribution in [0.4, 0.5) is 0 Å². The topological polar surface area (TPSA) is 38.3 Å². The summed E-state index contributed by atoms with van der Waals surface area (Å²) >= 11 is 9.16. The molecule has 122 valence electrons. The Hall–Kier alpha value is -0.0300. The molecule has 0 aliphatic heterocycles. The number of hydrogen-bond acceptors (Lipinski definition) is 4. The number of fused-ring (bicyclic) bond motifs is 1. The first-order valence-electron chi connectivity index (χ1n) is 7.19. The van der Waals surface area contributed by atoms with Gasteiger partial charge in [0.2, 0.25) is 0 Å². The number of thiophene rings is 1. The van der Waals surface area contributed by atoms with Gasteiger partial charge < -0.3 is 4.52 Å². The molecule has 1 aromatic carbocycles. The number of nitrogens with one attached hydrogen (secondary N) is 1. The SMILES string of the molecule is CCOP(=O)(NC(C)C)SCc1sc2ccc(Cl)cc2c1C. The molecular weight excluding hydrogens is 357 g/mol. The van der Waals surface area contributed by atoms with Crippen molar-refractivity contribution in [1.82, 2.24) is 5.09 Å². The lowest BCUT2D eigenvalue weighted by Gasteiger charge is -2.20. The van der Waals surface area contributed by atoms with Gasteiger partial charge in [0.25, 0.3) is 0 Å². The quantitative estimate of drug-likeness (QED) is 0.579. The van der Waals surface area contributed by atoms with Crippen LogP contribution in [0, 0.1) is 6.92 Å². The Morgan fingerprint density at radius 3 is 2.82 bits per heavy atom. The van der Waals surface area contributed by atoms with Gasteiger partial charge in [-0.25, -0.2) is 5.09 Å². The minimum Gasteiger partial charge on any atom is -0.310 e. The molecule has 0 fully saturated rings. The lowest BCUT2D eigenvalue weighted by Crippen LogP contribution is -2.19. The molecule has 1 unspecified atom stereocenters. The van der Waals surface area contributed by atoms with E-state index in [-0.39, 0.29) is 6.04 Å². The van der Waals surface area contributed by atoms with Crippen molar-refractivity contribution >= 4 is 51.1 Å². The molecule has 0 saturated heterocycles. The van der Waals surface area contributed by atoms with Gasteiger partial charge in [-0.15, -0.1) is 11.3 Å². The van der Waals surface area contributed by atoms with E-state index in [1.165, 1.54) is 31.9 Å². The summed E-state index contributed by atoms with van der Waals surface area (Å²) in [6.45, 7) is 5.46. The molecule has 7 heteroatoms. The number of aryl methyl sites for hydroxylation is 1. The second kappa shape index (κ2) is 7.69. The van der Waals surface area contributed by atoms with Crippen molar-refractivity contribution in [2.75, 3.05) is 6.61 Å². The highest BCUT2D eigenvalue weighted by molar-refractivity contribution is 8.55. The molecule has 0 amide bonds. The molecule has 0 aliphatic rings. The number of halogens is 1. The first-order valence-corrected chi connectivity index (χ1v) is 11.6. The van der Waals surface area contributed by atoms with Gasteiger partial charge >= 0.3 is 6.72 Å². The monoisotopic (exact) mass is 377 g/mol. The second-order valence-corrected chi connectivity index (χ2v) is 11.1. The van der Waals surface area contributed by atoms with Crippen LogP contribution in [0.15, 0.2) is 18.2 Å². The third kappa shape index (κ3) is 4.50. The first kappa shape index (κ1) is 18.3. The third-order valence-corrected chi connectivity index (χ3v) is 9.00. The highest BCUT2D eigenvalue weighted by atomic mass is 35.5. The van der Waals surface area contributed by atoms with Crippen molar-refractivity contribution in [2.45, 2.75) is 39.5 Å². The fourth-order valence-electron chi connectivity index (χ4n) is 2.12. The molecule has 1 aromatic heterocycles. The van der Waals surface area contributed by atoms with Gasteiger partial charge in [-0.1, -0.05) is 11.6 Å². The summed E-state index contributed by atoms with van der Waals surface area (Å²) in [5, 5.41) is 4.99. The molecule has 0 aliphatic carbocycles. The summed E-state index contributed by atoms with van der Waals surface area (Å²) < 4.78 is 19.5. The van der Waals surface area contributed by atoms with E-state index in [1.807, 2.05) is 39.0 Å². The van der Waals surface area contributed by atoms with Gasteiger partial charge in [-0.3, -0.25) is 4.57 Å². The van der Waals surface area contributed by atoms with Crippen LogP contribution >= 0.6 is 41.0 Å². The number of rotatable bonds is 7. The minimum atomic E-state index is -2.87. The zero-order valence-electron chi connectivity index (χ0n) is 13.2. The van der Waals surface area contributed by atoms with Crippen LogP contribution in [-0.2, 0) is 14.8 Å². The van der Waals surface area contributed by atoms with Crippen LogP contribution in [0.25, 0.3) is 10.1 Å². The molecule has 1 heterocycles. The van der Waals surface area contributed by atoms with E-state index in [9.17, 15) is 4.57 Å². The predicted octanol–water partition coefficient (Wildman–Crippen LogP) is 6.24. The zero-order chi connectivity index (χ0) is 16.3. The Kier molecular flexibility index (Phi) is 6.40. The standard InChI is InChI=1S/C15H21ClNO2PS2/c1-5-19-20(18,17-10(2)3)21-9-15-11(4)13-8-12(16)6-7-14(13)22-15/h6-8,10H,5,9H2,1-4H3,(H,17,18). The van der Waals surface area contributed by atoms with Gasteiger partial charge in [0, 0.05) is 26.4 Å². The molecule has 2 aromatic rings. The Labute approximate surface area is 145 Å². The fourth-order valence-corrected chi connectivity index (χ4v) is 7.95. The smallest absolute Gasteiger partial charge is 0.310 e. The molecule has 3 nitrogen and oxygen atoms in total. The molecule has 0 spiro atoms. The molecule has 1 atom stereocenters. The van der Waals surface area contributed by atoms with Crippen LogP contribution in [-0.4, -0.2) is 12.6 Å². The van der Waals surface area contributed by atoms with E-state index in [0.29, 0.717) is 12.4 Å². The van der Waals surface area contributed by atoms with E-state index in [2.05, 4.69) is 12.0 Å². The average molecular weight is 378 g/mol. The van der Waals surface area contributed by atoms with Crippen LogP contribution in [0.1, 0.15) is 31.2 Å². The summed E-state index contributed by atoms with van der Waals surface area (Å²) in [7, 11) is 0. The van der Waals surface area contributed by atoms with Crippen LogP contribution < -0.4 is 5.09 Å². The first-order chi connectivity index (χ1) is 10.3. The highest BCUT2D eigenvalue weighted by Gasteiger charge is 2.25. The van der Waals surface area contributed by atoms with Gasteiger partial charge in [0.05, 0.1) is 6.61 Å². The fraction of sp³-hybridized carbons (Fsp3) is 0.467. The van der Waals surface area contributed by atoms with Crippen molar-refractivity contribution in [3.63, 3.8) is 0 Å². The lowest BCUT2D eigenvalue weighted by molar-refractivity contribution is 0.335. The zero-order valence-corrected chi connectivity index (χ0v) is 16.5. The van der Waals surface area contributed by atoms with Crippen LogP contribution in [0.3, 0.4) is 0 Å². The third-order valence-electron chi connectivity index (χ3n) is 3.08. The Bertz CT molecular complexity index is 702. The van der Waals surface area contributed by atoms with E-state index >= 15 is 0 Å². The summed E-state index contributed by atoms with van der Waals surface area (Å²) in [5.41, 5.74) is 1.21. The van der Waals surface area contributed by atoms with E-state index in [4.69, 9.17) is 16.1 Å². The maximum Gasteiger partial charge on any atom is 0.327 e. The van der Waals surface area contributed by atoms with Gasteiger partial charge in [0.15, 0.2) is 0 Å². The second-order valence-electron chi connectivity index (χ2n) is 5.26. The summed E-state index contributed by atoms with van der Waals surface area (Å²) in [6.07, 6.45) is 0. The predicted molar refractivity (Wildman–Crippen MR) is 100 cm³/mol. The molecule has 0 saturated carbocycles. The van der Waals surface area contributed by atoms with Crippen molar-refractivity contribution in [3.05, 3.63) is 33.7 Å². The van der Waals surface area contributed by atoms with Crippen LogP contribution in [0.2, 0.25) is 5.02 Å². The van der Waals surface area contributed by atoms with Crippen molar-refractivity contribution in [3.8, 4) is 0 Å². The van der Waals surface area contributed by atoms with Gasteiger partial charge in [0.1, 0.15) is 0 Å².